The maximum absolute atomic E-state index is 5.22. The van der Waals surface area contributed by atoms with Gasteiger partial charge in [0, 0.05) is 16.7 Å². The molecule has 0 amide bonds. The monoisotopic (exact) mass is 739 g/mol. The molecule has 10 aromatic rings. The Morgan fingerprint density at radius 3 is 1.36 bits per heavy atom. The molecule has 3 nitrogen and oxygen atoms in total. The molecular weight excluding hydrogens is 703 g/mol. The van der Waals surface area contributed by atoms with Gasteiger partial charge in [-0.05, 0) is 84.6 Å². The average molecular weight is 740 g/mol. The summed E-state index contributed by atoms with van der Waals surface area (Å²) in [6.07, 6.45) is 0. The van der Waals surface area contributed by atoms with Crippen molar-refractivity contribution in [2.75, 3.05) is 0 Å². The normalized spacial score (nSPS) is 11.1. The quantitative estimate of drug-likeness (QED) is 0.156. The summed E-state index contributed by atoms with van der Waals surface area (Å²) in [6, 6.07) is 78.9. The van der Waals surface area contributed by atoms with Crippen molar-refractivity contribution in [2.24, 2.45) is 0 Å². The molecule has 0 aliphatic carbocycles. The third-order valence-corrected chi connectivity index (χ3v) is 10.8. The van der Waals surface area contributed by atoms with Crippen LogP contribution in [0.3, 0.4) is 0 Å². The highest BCUT2D eigenvalue weighted by Crippen LogP contribution is 2.39. The summed E-state index contributed by atoms with van der Waals surface area (Å²) in [5.74, 6) is 1.87. The van der Waals surface area contributed by atoms with Crippen molar-refractivity contribution in [1.29, 1.82) is 0 Å². The molecule has 0 aliphatic rings. The van der Waals surface area contributed by atoms with Crippen LogP contribution in [0.5, 0.6) is 0 Å². The Bertz CT molecular complexity index is 3030. The van der Waals surface area contributed by atoms with Crippen molar-refractivity contribution >= 4 is 10.8 Å². The van der Waals surface area contributed by atoms with Crippen molar-refractivity contribution in [3.8, 4) is 89.8 Å². The summed E-state index contributed by atoms with van der Waals surface area (Å²) >= 11 is 0. The van der Waals surface area contributed by atoms with Crippen LogP contribution >= 0.6 is 0 Å². The maximum Gasteiger partial charge on any atom is 0.164 e. The highest BCUT2D eigenvalue weighted by molar-refractivity contribution is 5.91. The second-order valence-corrected chi connectivity index (χ2v) is 14.4. The molecule has 9 aromatic carbocycles. The maximum atomic E-state index is 5.22. The largest absolute Gasteiger partial charge is 0.208 e. The van der Waals surface area contributed by atoms with Crippen LogP contribution in [0.25, 0.3) is 101 Å². The fourth-order valence-electron chi connectivity index (χ4n) is 7.77. The van der Waals surface area contributed by atoms with Crippen molar-refractivity contribution < 1.29 is 0 Å². The molecular formula is C55H37N3. The highest BCUT2D eigenvalue weighted by Gasteiger charge is 2.17. The van der Waals surface area contributed by atoms with E-state index in [2.05, 4.69) is 206 Å². The van der Waals surface area contributed by atoms with Crippen molar-refractivity contribution in [1.82, 2.24) is 15.0 Å². The third-order valence-electron chi connectivity index (χ3n) is 10.8. The fourth-order valence-corrected chi connectivity index (χ4v) is 7.77. The molecule has 0 N–H and O–H groups in total. The zero-order chi connectivity index (χ0) is 38.7. The summed E-state index contributed by atoms with van der Waals surface area (Å²) < 4.78 is 0. The topological polar surface area (TPSA) is 38.7 Å². The fraction of sp³-hybridized carbons (Fsp3) is 0. The summed E-state index contributed by atoms with van der Waals surface area (Å²) in [5.41, 5.74) is 14.2. The Morgan fingerprint density at radius 2 is 0.638 bits per heavy atom. The van der Waals surface area contributed by atoms with Gasteiger partial charge in [-0.3, -0.25) is 0 Å². The van der Waals surface area contributed by atoms with E-state index in [1.165, 1.54) is 27.5 Å². The Hall–Kier alpha value is -7.75. The van der Waals surface area contributed by atoms with E-state index in [9.17, 15) is 0 Å². The molecule has 3 heteroatoms. The smallest absolute Gasteiger partial charge is 0.164 e. The SMILES string of the molecule is c1ccc(-c2ccc(-c3nc(-c4cccc(-c5ccc(-c6ccc7ccccc7c6)cc5-c5ccccc5)c4)nc(-c4ccccc4-c4ccccc4)n3)cc2)cc1. The van der Waals surface area contributed by atoms with E-state index in [0.717, 1.165) is 55.6 Å². The van der Waals surface area contributed by atoms with Gasteiger partial charge in [0.2, 0.25) is 0 Å². The van der Waals surface area contributed by atoms with Gasteiger partial charge in [-0.1, -0.05) is 206 Å². The van der Waals surface area contributed by atoms with Gasteiger partial charge < -0.3 is 0 Å². The third kappa shape index (κ3) is 6.98. The van der Waals surface area contributed by atoms with Crippen LogP contribution in [0.4, 0.5) is 0 Å². The van der Waals surface area contributed by atoms with Crippen molar-refractivity contribution in [3.05, 3.63) is 224 Å². The number of rotatable bonds is 8. The van der Waals surface area contributed by atoms with Gasteiger partial charge >= 0.3 is 0 Å². The van der Waals surface area contributed by atoms with E-state index in [4.69, 9.17) is 15.0 Å². The van der Waals surface area contributed by atoms with Gasteiger partial charge in [0.1, 0.15) is 0 Å². The lowest BCUT2D eigenvalue weighted by Gasteiger charge is -2.15. The first-order valence-corrected chi connectivity index (χ1v) is 19.6. The van der Waals surface area contributed by atoms with E-state index >= 15 is 0 Å². The lowest BCUT2D eigenvalue weighted by Crippen LogP contribution is -2.01. The van der Waals surface area contributed by atoms with E-state index in [-0.39, 0.29) is 0 Å². The number of fused-ring (bicyclic) bond motifs is 1. The molecule has 272 valence electrons. The van der Waals surface area contributed by atoms with Crippen LogP contribution in [0.2, 0.25) is 0 Å². The molecule has 0 atom stereocenters. The van der Waals surface area contributed by atoms with Crippen LogP contribution in [-0.2, 0) is 0 Å². The Labute approximate surface area is 338 Å². The molecule has 0 aliphatic heterocycles. The van der Waals surface area contributed by atoms with Gasteiger partial charge in [0.05, 0.1) is 0 Å². The van der Waals surface area contributed by atoms with Crippen LogP contribution in [0.1, 0.15) is 0 Å². The molecule has 0 radical (unpaired) electrons. The predicted octanol–water partition coefficient (Wildman–Crippen LogP) is 14.4. The summed E-state index contributed by atoms with van der Waals surface area (Å²) in [6.45, 7) is 0. The molecule has 0 bridgehead atoms. The van der Waals surface area contributed by atoms with Gasteiger partial charge in [-0.2, -0.15) is 0 Å². The number of hydrogen-bond donors (Lipinski definition) is 0. The van der Waals surface area contributed by atoms with Crippen molar-refractivity contribution in [3.63, 3.8) is 0 Å². The number of aromatic nitrogens is 3. The van der Waals surface area contributed by atoms with Gasteiger partial charge in [-0.15, -0.1) is 0 Å². The van der Waals surface area contributed by atoms with Crippen LogP contribution in [-0.4, -0.2) is 15.0 Å². The van der Waals surface area contributed by atoms with Crippen LogP contribution in [0, 0.1) is 0 Å². The second kappa shape index (κ2) is 15.4. The average Bonchev–Trinajstić information content (AvgIpc) is 3.32. The lowest BCUT2D eigenvalue weighted by atomic mass is 9.90. The standard InChI is InChI=1S/C55H37N3/c1-4-15-38(16-5-1)40-27-30-43(31-28-40)53-56-54(58-55(57-53)51-26-13-12-25-49(51)41-18-6-2-7-19-41)48-24-14-23-47(36-48)50-34-33-46(37-52(50)42-20-8-3-9-21-42)45-32-29-39-17-10-11-22-44(39)35-45/h1-37H. The molecule has 1 heterocycles. The predicted molar refractivity (Wildman–Crippen MR) is 241 cm³/mol. The molecule has 58 heavy (non-hydrogen) atoms. The Morgan fingerprint density at radius 1 is 0.190 bits per heavy atom. The van der Waals surface area contributed by atoms with Crippen LogP contribution in [0.15, 0.2) is 224 Å². The highest BCUT2D eigenvalue weighted by atomic mass is 15.0. The molecule has 1 aromatic heterocycles. The number of nitrogens with zero attached hydrogens (tertiary/aromatic N) is 3. The molecule has 0 saturated heterocycles. The van der Waals surface area contributed by atoms with E-state index < -0.39 is 0 Å². The van der Waals surface area contributed by atoms with Gasteiger partial charge in [-0.25, -0.2) is 15.0 Å². The molecule has 0 unspecified atom stereocenters. The van der Waals surface area contributed by atoms with Gasteiger partial charge in [0.15, 0.2) is 17.5 Å². The lowest BCUT2D eigenvalue weighted by molar-refractivity contribution is 1.07. The van der Waals surface area contributed by atoms with Crippen molar-refractivity contribution in [2.45, 2.75) is 0 Å². The zero-order valence-corrected chi connectivity index (χ0v) is 31.7. The minimum Gasteiger partial charge on any atom is -0.208 e. The zero-order valence-electron chi connectivity index (χ0n) is 31.7. The second-order valence-electron chi connectivity index (χ2n) is 14.4. The van der Waals surface area contributed by atoms with E-state index in [1.54, 1.807) is 0 Å². The first-order valence-electron chi connectivity index (χ1n) is 19.6. The van der Waals surface area contributed by atoms with E-state index in [0.29, 0.717) is 17.5 Å². The van der Waals surface area contributed by atoms with E-state index in [1.807, 2.05) is 18.2 Å². The number of benzene rings is 9. The minimum atomic E-state index is 0.617. The minimum absolute atomic E-state index is 0.617. The number of hydrogen-bond acceptors (Lipinski definition) is 3. The summed E-state index contributed by atoms with van der Waals surface area (Å²) in [4.78, 5) is 15.6. The molecule has 0 fully saturated rings. The first kappa shape index (κ1) is 34.7. The summed E-state index contributed by atoms with van der Waals surface area (Å²) in [5, 5.41) is 2.47. The molecule has 10 rings (SSSR count). The molecule has 0 spiro atoms. The molecule has 0 saturated carbocycles. The van der Waals surface area contributed by atoms with Gasteiger partial charge in [0.25, 0.3) is 0 Å². The first-order chi connectivity index (χ1) is 28.7. The summed E-state index contributed by atoms with van der Waals surface area (Å²) in [7, 11) is 0. The Balaban J connectivity index is 1.11. The Kier molecular flexibility index (Phi) is 9.23. The van der Waals surface area contributed by atoms with Crippen LogP contribution < -0.4 is 0 Å².